The van der Waals surface area contributed by atoms with Gasteiger partial charge in [0.1, 0.15) is 5.92 Å². The SMILES string of the molecule is CN1CCC(C(=O)c2cccnc2)C1=O.[KH]. The van der Waals surface area contributed by atoms with Gasteiger partial charge in [0.15, 0.2) is 5.78 Å². The van der Waals surface area contributed by atoms with Crippen molar-refractivity contribution in [3.8, 4) is 0 Å². The van der Waals surface area contributed by atoms with Gasteiger partial charge < -0.3 is 4.90 Å². The van der Waals surface area contributed by atoms with Gasteiger partial charge in [-0.3, -0.25) is 14.6 Å². The van der Waals surface area contributed by atoms with Gasteiger partial charge in [-0.25, -0.2) is 0 Å². The van der Waals surface area contributed by atoms with E-state index in [1.807, 2.05) is 0 Å². The first-order valence-corrected chi connectivity index (χ1v) is 4.89. The molecule has 4 nitrogen and oxygen atoms in total. The van der Waals surface area contributed by atoms with Crippen molar-refractivity contribution in [2.45, 2.75) is 6.42 Å². The molecule has 1 aliphatic rings. The Balaban J connectivity index is 0.00000128. The molecule has 0 aliphatic carbocycles. The van der Waals surface area contributed by atoms with Crippen LogP contribution >= 0.6 is 0 Å². The fraction of sp³-hybridized carbons (Fsp3) is 0.364. The van der Waals surface area contributed by atoms with Gasteiger partial charge in [0.2, 0.25) is 5.91 Å². The summed E-state index contributed by atoms with van der Waals surface area (Å²) in [6.45, 7) is 0.662. The van der Waals surface area contributed by atoms with Crippen LogP contribution in [0.4, 0.5) is 0 Å². The van der Waals surface area contributed by atoms with Crippen LogP contribution in [0.3, 0.4) is 0 Å². The Kier molecular flexibility index (Phi) is 5.26. The van der Waals surface area contributed by atoms with E-state index < -0.39 is 5.92 Å². The summed E-state index contributed by atoms with van der Waals surface area (Å²) in [6, 6.07) is 3.40. The first kappa shape index (κ1) is 14.0. The van der Waals surface area contributed by atoms with Gasteiger partial charge in [0.25, 0.3) is 0 Å². The van der Waals surface area contributed by atoms with E-state index in [0.29, 0.717) is 18.5 Å². The Morgan fingerprint density at radius 1 is 1.56 bits per heavy atom. The molecule has 1 unspecified atom stereocenters. The minimum atomic E-state index is -0.501. The Morgan fingerprint density at radius 2 is 2.31 bits per heavy atom. The third-order valence-electron chi connectivity index (χ3n) is 2.69. The Labute approximate surface area is 137 Å². The number of carbonyl (C=O) groups is 2. The summed E-state index contributed by atoms with van der Waals surface area (Å²) in [7, 11) is 1.72. The van der Waals surface area contributed by atoms with Gasteiger partial charge in [-0.2, -0.15) is 0 Å². The second-order valence-electron chi connectivity index (χ2n) is 3.71. The third kappa shape index (κ3) is 2.78. The Hall–Kier alpha value is -0.0736. The molecule has 2 rings (SSSR count). The molecule has 1 aromatic heterocycles. The number of carbonyl (C=O) groups excluding carboxylic acids is 2. The molecular formula is C11H13KN2O2. The summed E-state index contributed by atoms with van der Waals surface area (Å²) < 4.78 is 0. The fourth-order valence-corrected chi connectivity index (χ4v) is 1.78. The maximum atomic E-state index is 11.9. The molecule has 0 saturated carbocycles. The topological polar surface area (TPSA) is 50.3 Å². The maximum absolute atomic E-state index is 11.9. The van der Waals surface area contributed by atoms with Gasteiger partial charge >= 0.3 is 51.4 Å². The van der Waals surface area contributed by atoms with Gasteiger partial charge in [-0.15, -0.1) is 0 Å². The molecule has 0 radical (unpaired) electrons. The number of rotatable bonds is 2. The zero-order valence-corrected chi connectivity index (χ0v) is 8.51. The predicted octanol–water partition coefficient (Wildman–Crippen LogP) is 0.0941. The molecule has 80 valence electrons. The molecule has 0 spiro atoms. The van der Waals surface area contributed by atoms with E-state index in [1.165, 1.54) is 6.20 Å². The molecule has 16 heavy (non-hydrogen) atoms. The van der Waals surface area contributed by atoms with Crippen molar-refractivity contribution < 1.29 is 9.59 Å². The van der Waals surface area contributed by atoms with Gasteiger partial charge in [-0.1, -0.05) is 0 Å². The molecule has 1 aliphatic heterocycles. The van der Waals surface area contributed by atoms with Gasteiger partial charge in [0, 0.05) is 31.5 Å². The summed E-state index contributed by atoms with van der Waals surface area (Å²) >= 11 is 0. The van der Waals surface area contributed by atoms with Crippen LogP contribution in [0.5, 0.6) is 0 Å². The molecule has 0 N–H and O–H groups in total. The predicted molar refractivity (Wildman–Crippen MR) is 61.5 cm³/mol. The molecule has 0 bridgehead atoms. The van der Waals surface area contributed by atoms with E-state index in [0.717, 1.165) is 0 Å². The number of hydrogen-bond donors (Lipinski definition) is 0. The summed E-state index contributed by atoms with van der Waals surface area (Å²) in [5.41, 5.74) is 0.520. The summed E-state index contributed by atoms with van der Waals surface area (Å²) in [4.78, 5) is 29.0. The van der Waals surface area contributed by atoms with Gasteiger partial charge in [0.05, 0.1) is 0 Å². The van der Waals surface area contributed by atoms with Crippen molar-refractivity contribution in [1.29, 1.82) is 0 Å². The zero-order valence-electron chi connectivity index (χ0n) is 8.51. The number of likely N-dealkylation sites (tertiary alicyclic amines) is 1. The summed E-state index contributed by atoms with van der Waals surface area (Å²) in [5, 5.41) is 0. The van der Waals surface area contributed by atoms with Gasteiger partial charge in [-0.05, 0) is 18.6 Å². The average molecular weight is 244 g/mol. The standard InChI is InChI=1S/C11H12N2O2.K.H/c1-13-6-4-9(11(13)15)10(14)8-3-2-5-12-7-8;;/h2-3,5,7,9H,4,6H2,1H3;;. The summed E-state index contributed by atoms with van der Waals surface area (Å²) in [5.74, 6) is -0.694. The van der Waals surface area contributed by atoms with E-state index in [2.05, 4.69) is 4.98 Å². The molecule has 5 heteroatoms. The molecule has 0 aromatic carbocycles. The number of hydrogen-bond acceptors (Lipinski definition) is 3. The van der Waals surface area contributed by atoms with E-state index in [-0.39, 0.29) is 63.1 Å². The Morgan fingerprint density at radius 3 is 2.81 bits per heavy atom. The third-order valence-corrected chi connectivity index (χ3v) is 2.69. The molecule has 1 aromatic rings. The van der Waals surface area contributed by atoms with E-state index >= 15 is 0 Å². The molecule has 1 atom stereocenters. The minimum absolute atomic E-state index is 0. The number of Topliss-reactive ketones (excluding diaryl/α,β-unsaturated/α-hetero) is 1. The van der Waals surface area contributed by atoms with Crippen molar-refractivity contribution in [3.05, 3.63) is 30.1 Å². The van der Waals surface area contributed by atoms with Crippen molar-refractivity contribution in [1.82, 2.24) is 9.88 Å². The van der Waals surface area contributed by atoms with Crippen LogP contribution in [-0.4, -0.2) is 86.6 Å². The van der Waals surface area contributed by atoms with Crippen molar-refractivity contribution in [3.63, 3.8) is 0 Å². The summed E-state index contributed by atoms with van der Waals surface area (Å²) in [6.07, 6.45) is 3.73. The molecular weight excluding hydrogens is 231 g/mol. The van der Waals surface area contributed by atoms with Crippen LogP contribution in [0.25, 0.3) is 0 Å². The molecule has 1 amide bonds. The first-order valence-electron chi connectivity index (χ1n) is 4.89. The van der Waals surface area contributed by atoms with Crippen LogP contribution in [0.1, 0.15) is 16.8 Å². The van der Waals surface area contributed by atoms with Crippen LogP contribution < -0.4 is 0 Å². The van der Waals surface area contributed by atoms with Crippen LogP contribution in [0, 0.1) is 5.92 Å². The fourth-order valence-electron chi connectivity index (χ4n) is 1.78. The van der Waals surface area contributed by atoms with Crippen LogP contribution in [-0.2, 0) is 4.79 Å². The number of aromatic nitrogens is 1. The first-order chi connectivity index (χ1) is 7.20. The van der Waals surface area contributed by atoms with Crippen molar-refractivity contribution in [2.75, 3.05) is 13.6 Å². The number of ketones is 1. The number of nitrogens with zero attached hydrogens (tertiary/aromatic N) is 2. The average Bonchev–Trinajstić information content (AvgIpc) is 2.60. The van der Waals surface area contributed by atoms with Crippen molar-refractivity contribution >= 4 is 63.1 Å². The zero-order chi connectivity index (χ0) is 10.8. The molecule has 1 fully saturated rings. The number of pyridine rings is 1. The normalized spacial score (nSPS) is 19.4. The van der Waals surface area contributed by atoms with E-state index in [1.54, 1.807) is 30.3 Å². The van der Waals surface area contributed by atoms with E-state index in [4.69, 9.17) is 0 Å². The van der Waals surface area contributed by atoms with Crippen LogP contribution in [0.15, 0.2) is 24.5 Å². The molecule has 1 saturated heterocycles. The second kappa shape index (κ2) is 6.02. The van der Waals surface area contributed by atoms with Crippen LogP contribution in [0.2, 0.25) is 0 Å². The van der Waals surface area contributed by atoms with E-state index in [9.17, 15) is 9.59 Å². The van der Waals surface area contributed by atoms with Crippen molar-refractivity contribution in [2.24, 2.45) is 5.92 Å². The number of amides is 1. The second-order valence-corrected chi connectivity index (χ2v) is 3.71. The Bertz CT molecular complexity index is 394. The molecule has 2 heterocycles. The quantitative estimate of drug-likeness (QED) is 0.421. The monoisotopic (exact) mass is 244 g/mol.